The molecule has 2 aromatic heterocycles. The second-order valence-electron chi connectivity index (χ2n) is 8.24. The van der Waals surface area contributed by atoms with Crippen LogP contribution >= 0.6 is 31.9 Å². The molecule has 0 fully saturated rings. The first kappa shape index (κ1) is 22.7. The second-order valence-corrected chi connectivity index (χ2v) is 9.36. The highest BCUT2D eigenvalue weighted by Gasteiger charge is 2.19. The first-order chi connectivity index (χ1) is 16.4. The van der Waals surface area contributed by atoms with Gasteiger partial charge in [-0.05, 0) is 34.4 Å². The first-order valence-electron chi connectivity index (χ1n) is 10.6. The van der Waals surface area contributed by atoms with Crippen LogP contribution in [0.5, 0.6) is 0 Å². The van der Waals surface area contributed by atoms with E-state index in [1.165, 1.54) is 12.1 Å². The van der Waals surface area contributed by atoms with Crippen LogP contribution in [0.3, 0.4) is 0 Å². The van der Waals surface area contributed by atoms with E-state index in [0.29, 0.717) is 10.7 Å². The molecular weight excluding hydrogens is 564 g/mol. The topological polar surface area (TPSA) is 78.1 Å². The summed E-state index contributed by atoms with van der Waals surface area (Å²) in [5.41, 5.74) is 1.96. The lowest BCUT2D eigenvalue weighted by atomic mass is 10.1. The van der Waals surface area contributed by atoms with Gasteiger partial charge in [0.05, 0.1) is 34.6 Å². The van der Waals surface area contributed by atoms with E-state index in [1.54, 1.807) is 0 Å². The van der Waals surface area contributed by atoms with Gasteiger partial charge in [-0.1, -0.05) is 80.4 Å². The van der Waals surface area contributed by atoms with Gasteiger partial charge in [0.25, 0.3) is 22.2 Å². The minimum Gasteiger partial charge on any atom is -0.270 e. The Labute approximate surface area is 210 Å². The van der Waals surface area contributed by atoms with Gasteiger partial charge in [-0.3, -0.25) is 28.3 Å². The van der Waals surface area contributed by atoms with E-state index >= 15 is 0 Å². The van der Waals surface area contributed by atoms with E-state index in [0.717, 1.165) is 31.4 Å². The molecule has 3 aromatic carbocycles. The van der Waals surface area contributed by atoms with Crippen molar-refractivity contribution in [2.24, 2.45) is 0 Å². The van der Waals surface area contributed by atoms with Gasteiger partial charge in [-0.15, -0.1) is 0 Å². The van der Waals surface area contributed by atoms with Crippen molar-refractivity contribution < 1.29 is 0 Å². The summed E-state index contributed by atoms with van der Waals surface area (Å²) in [6.45, 7) is 0.246. The molecule has 8 heteroatoms. The Balaban J connectivity index is 1.59. The molecule has 0 radical (unpaired) electrons. The van der Waals surface area contributed by atoms with E-state index in [-0.39, 0.29) is 34.6 Å². The summed E-state index contributed by atoms with van der Waals surface area (Å²) in [5.74, 6) is 0. The monoisotopic (exact) mass is 580 g/mol. The Hall–Kier alpha value is -3.10. The molecule has 0 aliphatic rings. The van der Waals surface area contributed by atoms with E-state index in [4.69, 9.17) is 0 Å². The van der Waals surface area contributed by atoms with Crippen LogP contribution in [0.15, 0.2) is 79.8 Å². The maximum Gasteiger partial charge on any atom is 0.261 e. The maximum absolute atomic E-state index is 13.0. The Bertz CT molecular complexity index is 1530. The Morgan fingerprint density at radius 2 is 0.735 bits per heavy atom. The molecule has 0 amide bonds. The number of nitrogens with zero attached hydrogens (tertiary/aromatic N) is 2. The van der Waals surface area contributed by atoms with Crippen molar-refractivity contribution in [2.75, 3.05) is 0 Å². The quantitative estimate of drug-likeness (QED) is 0.286. The minimum atomic E-state index is -0.462. The molecule has 0 atom stereocenters. The van der Waals surface area contributed by atoms with Gasteiger partial charge < -0.3 is 0 Å². The average molecular weight is 582 g/mol. The number of halogens is 2. The lowest BCUT2D eigenvalue weighted by molar-refractivity contribution is 0.753. The van der Waals surface area contributed by atoms with E-state index in [2.05, 4.69) is 31.9 Å². The smallest absolute Gasteiger partial charge is 0.261 e. The van der Waals surface area contributed by atoms with E-state index < -0.39 is 22.2 Å². The van der Waals surface area contributed by atoms with Crippen LogP contribution in [0.4, 0.5) is 0 Å². The largest absolute Gasteiger partial charge is 0.270 e. The van der Waals surface area contributed by atoms with Gasteiger partial charge in [0.2, 0.25) is 0 Å². The lowest BCUT2D eigenvalue weighted by Gasteiger charge is -2.02. The third kappa shape index (κ3) is 3.80. The molecule has 0 aliphatic heterocycles. The van der Waals surface area contributed by atoms with Crippen molar-refractivity contribution >= 4 is 53.4 Å². The maximum atomic E-state index is 13.0. The summed E-state index contributed by atoms with van der Waals surface area (Å²) in [7, 11) is 0. The predicted octanol–water partition coefficient (Wildman–Crippen LogP) is 3.80. The van der Waals surface area contributed by atoms with Crippen molar-refractivity contribution in [3.05, 3.63) is 124 Å². The third-order valence-corrected chi connectivity index (χ3v) is 7.39. The molecule has 5 aromatic rings. The van der Waals surface area contributed by atoms with Crippen molar-refractivity contribution in [3.8, 4) is 0 Å². The van der Waals surface area contributed by atoms with Gasteiger partial charge in [-0.2, -0.15) is 0 Å². The first-order valence-corrected chi connectivity index (χ1v) is 12.8. The number of fused-ring (bicyclic) bond motifs is 2. The fourth-order valence-corrected chi connectivity index (χ4v) is 4.94. The Morgan fingerprint density at radius 3 is 1.00 bits per heavy atom. The normalized spacial score (nSPS) is 11.6. The van der Waals surface area contributed by atoms with E-state index in [1.807, 2.05) is 48.5 Å². The zero-order valence-electron chi connectivity index (χ0n) is 17.9. The summed E-state index contributed by atoms with van der Waals surface area (Å²) in [6, 6.07) is 18.0. The van der Waals surface area contributed by atoms with Crippen molar-refractivity contribution in [3.63, 3.8) is 0 Å². The fraction of sp³-hybridized carbons (Fsp3) is 0.154. The predicted molar refractivity (Wildman–Crippen MR) is 141 cm³/mol. The van der Waals surface area contributed by atoms with Gasteiger partial charge in [0, 0.05) is 10.7 Å². The standard InChI is InChI=1S/C26H18Br2N2O4/c27-11-15-1-5-17(6-2-15)13-29-23(31)19-9-21-22(10-20(19)24(29)32)26(34)30(25(21)33)14-18-7-3-16(12-28)4-8-18/h1-10H,11-14H2. The minimum absolute atomic E-state index is 0.123. The molecule has 0 saturated heterocycles. The fourth-order valence-electron chi connectivity index (χ4n) is 4.19. The highest BCUT2D eigenvalue weighted by Crippen LogP contribution is 2.16. The molecule has 2 heterocycles. The summed E-state index contributed by atoms with van der Waals surface area (Å²) in [6.07, 6.45) is 0. The van der Waals surface area contributed by atoms with Crippen LogP contribution < -0.4 is 22.2 Å². The molecule has 170 valence electrons. The number of alkyl halides is 2. The molecule has 0 N–H and O–H groups in total. The Morgan fingerprint density at radius 1 is 0.471 bits per heavy atom. The average Bonchev–Trinajstić information content (AvgIpc) is 3.24. The second kappa shape index (κ2) is 8.92. The van der Waals surface area contributed by atoms with Crippen molar-refractivity contribution in [2.45, 2.75) is 23.7 Å². The number of hydrogen-bond acceptors (Lipinski definition) is 4. The molecule has 6 nitrogen and oxygen atoms in total. The van der Waals surface area contributed by atoms with Crippen LogP contribution in [0, 0.1) is 0 Å². The summed E-state index contributed by atoms with van der Waals surface area (Å²) in [4.78, 5) is 52.2. The van der Waals surface area contributed by atoms with Gasteiger partial charge in [0.15, 0.2) is 0 Å². The van der Waals surface area contributed by atoms with Crippen LogP contribution in [-0.4, -0.2) is 9.13 Å². The van der Waals surface area contributed by atoms with Gasteiger partial charge >= 0.3 is 0 Å². The SMILES string of the molecule is O=c1c2cc3c(=O)n(Cc4ccc(CBr)cc4)c(=O)c3cc2c(=O)n1Cc1ccc(CBr)cc1. The van der Waals surface area contributed by atoms with Crippen LogP contribution in [0.25, 0.3) is 21.5 Å². The molecular formula is C26H18Br2N2O4. The van der Waals surface area contributed by atoms with Crippen LogP contribution in [0.2, 0.25) is 0 Å². The summed E-state index contributed by atoms with van der Waals surface area (Å²) in [5, 5.41) is 2.06. The Kier molecular flexibility index (Phi) is 5.95. The molecule has 0 bridgehead atoms. The van der Waals surface area contributed by atoms with Crippen LogP contribution in [0.1, 0.15) is 22.3 Å². The van der Waals surface area contributed by atoms with Crippen molar-refractivity contribution in [1.29, 1.82) is 0 Å². The number of rotatable bonds is 6. The number of aromatic nitrogens is 2. The molecule has 0 spiro atoms. The van der Waals surface area contributed by atoms with Gasteiger partial charge in [0.1, 0.15) is 0 Å². The number of benzene rings is 3. The summed E-state index contributed by atoms with van der Waals surface area (Å²) >= 11 is 6.79. The number of hydrogen-bond donors (Lipinski definition) is 0. The molecule has 0 unspecified atom stereocenters. The summed E-state index contributed by atoms with van der Waals surface area (Å²) < 4.78 is 2.31. The molecule has 34 heavy (non-hydrogen) atoms. The third-order valence-electron chi connectivity index (χ3n) is 6.10. The van der Waals surface area contributed by atoms with Gasteiger partial charge in [-0.25, -0.2) is 0 Å². The van der Waals surface area contributed by atoms with Crippen molar-refractivity contribution in [1.82, 2.24) is 9.13 Å². The zero-order valence-corrected chi connectivity index (χ0v) is 21.1. The lowest BCUT2D eigenvalue weighted by Crippen LogP contribution is -2.26. The highest BCUT2D eigenvalue weighted by molar-refractivity contribution is 9.08. The van der Waals surface area contributed by atoms with Crippen LogP contribution in [-0.2, 0) is 23.7 Å². The zero-order chi connectivity index (χ0) is 24.0. The molecule has 0 saturated carbocycles. The molecule has 5 rings (SSSR count). The highest BCUT2D eigenvalue weighted by atomic mass is 79.9. The molecule has 0 aliphatic carbocycles. The van der Waals surface area contributed by atoms with E-state index in [9.17, 15) is 19.2 Å².